The first kappa shape index (κ1) is 17.5. The van der Waals surface area contributed by atoms with Crippen molar-refractivity contribution >= 4 is 27.7 Å². The first-order valence-electron chi connectivity index (χ1n) is 8.99. The van der Waals surface area contributed by atoms with Crippen LogP contribution in [-0.4, -0.2) is 35.8 Å². The highest BCUT2D eigenvalue weighted by atomic mass is 79.9. The van der Waals surface area contributed by atoms with E-state index in [-0.39, 0.29) is 17.7 Å². The molecule has 1 N–H and O–H groups in total. The Morgan fingerprint density at radius 2 is 1.58 bits per heavy atom. The molecule has 130 valence electrons. The number of piperidine rings is 1. The van der Waals surface area contributed by atoms with E-state index in [4.69, 9.17) is 0 Å². The summed E-state index contributed by atoms with van der Waals surface area (Å²) >= 11 is 3.39. The minimum atomic E-state index is 0.0564. The third-order valence-electron chi connectivity index (χ3n) is 5.20. The zero-order valence-corrected chi connectivity index (χ0v) is 15.6. The lowest BCUT2D eigenvalue weighted by atomic mass is 9.92. The van der Waals surface area contributed by atoms with Crippen LogP contribution < -0.4 is 5.32 Å². The third-order valence-corrected chi connectivity index (χ3v) is 5.72. The Balaban J connectivity index is 1.48. The lowest BCUT2D eigenvalue weighted by Crippen LogP contribution is -2.45. The van der Waals surface area contributed by atoms with Gasteiger partial charge in [-0.2, -0.15) is 0 Å². The van der Waals surface area contributed by atoms with E-state index in [0.29, 0.717) is 24.7 Å². The number of carbonyl (C=O) groups is 2. The van der Waals surface area contributed by atoms with Gasteiger partial charge in [0.05, 0.1) is 0 Å². The second kappa shape index (κ2) is 8.15. The van der Waals surface area contributed by atoms with Crippen molar-refractivity contribution in [1.82, 2.24) is 10.2 Å². The van der Waals surface area contributed by atoms with Crippen LogP contribution in [0.1, 0.15) is 55.3 Å². The van der Waals surface area contributed by atoms with Gasteiger partial charge in [-0.3, -0.25) is 9.59 Å². The van der Waals surface area contributed by atoms with E-state index in [0.717, 1.165) is 30.2 Å². The van der Waals surface area contributed by atoms with Gasteiger partial charge in [0, 0.05) is 35.1 Å². The van der Waals surface area contributed by atoms with Crippen LogP contribution in [0, 0.1) is 5.92 Å². The Morgan fingerprint density at radius 3 is 2.21 bits per heavy atom. The van der Waals surface area contributed by atoms with E-state index in [1.165, 1.54) is 19.3 Å². The Hall–Kier alpha value is -1.36. The molecule has 1 aliphatic heterocycles. The first-order valence-corrected chi connectivity index (χ1v) is 9.78. The predicted molar refractivity (Wildman–Crippen MR) is 97.8 cm³/mol. The number of hydrogen-bond acceptors (Lipinski definition) is 2. The van der Waals surface area contributed by atoms with Crippen molar-refractivity contribution in [2.75, 3.05) is 13.1 Å². The molecule has 0 bridgehead atoms. The number of carbonyl (C=O) groups excluding carboxylic acids is 2. The monoisotopic (exact) mass is 392 g/mol. The Kier molecular flexibility index (Phi) is 5.93. The van der Waals surface area contributed by atoms with E-state index < -0.39 is 0 Å². The van der Waals surface area contributed by atoms with E-state index >= 15 is 0 Å². The lowest BCUT2D eigenvalue weighted by Gasteiger charge is -2.33. The summed E-state index contributed by atoms with van der Waals surface area (Å²) < 4.78 is 0.970. The van der Waals surface area contributed by atoms with Gasteiger partial charge in [0.25, 0.3) is 5.91 Å². The quantitative estimate of drug-likeness (QED) is 0.851. The largest absolute Gasteiger partial charge is 0.353 e. The van der Waals surface area contributed by atoms with Crippen molar-refractivity contribution in [2.24, 2.45) is 5.92 Å². The number of likely N-dealkylation sites (tertiary alicyclic amines) is 1. The van der Waals surface area contributed by atoms with Gasteiger partial charge < -0.3 is 10.2 Å². The van der Waals surface area contributed by atoms with Crippen LogP contribution in [0.15, 0.2) is 28.7 Å². The standard InChI is InChI=1S/C19H25BrN2O2/c20-16-8-6-15(7-9-16)19(24)22-12-10-14(11-13-22)18(23)21-17-4-2-1-3-5-17/h6-9,14,17H,1-5,10-13H2,(H,21,23). The van der Waals surface area contributed by atoms with Gasteiger partial charge in [0.2, 0.25) is 5.91 Å². The molecule has 0 unspecified atom stereocenters. The summed E-state index contributed by atoms with van der Waals surface area (Å²) in [4.78, 5) is 26.8. The van der Waals surface area contributed by atoms with E-state index in [9.17, 15) is 9.59 Å². The van der Waals surface area contributed by atoms with Crippen molar-refractivity contribution in [3.05, 3.63) is 34.3 Å². The van der Waals surface area contributed by atoms with Crippen LogP contribution in [0.5, 0.6) is 0 Å². The molecule has 1 saturated carbocycles. The summed E-state index contributed by atoms with van der Waals surface area (Å²) in [5, 5.41) is 3.22. The highest BCUT2D eigenvalue weighted by molar-refractivity contribution is 9.10. The van der Waals surface area contributed by atoms with Crippen LogP contribution in [0.2, 0.25) is 0 Å². The lowest BCUT2D eigenvalue weighted by molar-refractivity contribution is -0.127. The average Bonchev–Trinajstić information content (AvgIpc) is 2.63. The topological polar surface area (TPSA) is 49.4 Å². The number of hydrogen-bond donors (Lipinski definition) is 1. The number of amides is 2. The second-order valence-corrected chi connectivity index (χ2v) is 7.83. The minimum Gasteiger partial charge on any atom is -0.353 e. The molecular formula is C19H25BrN2O2. The molecule has 1 saturated heterocycles. The molecule has 0 spiro atoms. The first-order chi connectivity index (χ1) is 11.6. The van der Waals surface area contributed by atoms with Gasteiger partial charge >= 0.3 is 0 Å². The molecule has 0 aromatic heterocycles. The molecule has 0 atom stereocenters. The maximum absolute atomic E-state index is 12.5. The smallest absolute Gasteiger partial charge is 0.253 e. The fraction of sp³-hybridized carbons (Fsp3) is 0.579. The maximum Gasteiger partial charge on any atom is 0.253 e. The summed E-state index contributed by atoms with van der Waals surface area (Å²) in [7, 11) is 0. The summed E-state index contributed by atoms with van der Waals surface area (Å²) in [6, 6.07) is 7.83. The van der Waals surface area contributed by atoms with E-state index in [1.54, 1.807) is 0 Å². The van der Waals surface area contributed by atoms with Crippen LogP contribution in [0.25, 0.3) is 0 Å². The molecule has 4 nitrogen and oxygen atoms in total. The number of rotatable bonds is 3. The van der Waals surface area contributed by atoms with Gasteiger partial charge in [0.15, 0.2) is 0 Å². The van der Waals surface area contributed by atoms with Gasteiger partial charge in [-0.15, -0.1) is 0 Å². The molecule has 3 rings (SSSR count). The van der Waals surface area contributed by atoms with Gasteiger partial charge in [-0.1, -0.05) is 35.2 Å². The molecular weight excluding hydrogens is 368 g/mol. The second-order valence-electron chi connectivity index (χ2n) is 6.92. The highest BCUT2D eigenvalue weighted by Crippen LogP contribution is 2.22. The molecule has 5 heteroatoms. The zero-order valence-electron chi connectivity index (χ0n) is 14.0. The summed E-state index contributed by atoms with van der Waals surface area (Å²) in [5.74, 6) is 0.312. The molecule has 2 amide bonds. The molecule has 1 heterocycles. The maximum atomic E-state index is 12.5. The summed E-state index contributed by atoms with van der Waals surface area (Å²) in [6.45, 7) is 1.33. The van der Waals surface area contributed by atoms with Crippen molar-refractivity contribution in [3.8, 4) is 0 Å². The number of halogens is 1. The minimum absolute atomic E-state index is 0.0564. The molecule has 1 aromatic carbocycles. The molecule has 1 aliphatic carbocycles. The number of nitrogens with zero attached hydrogens (tertiary/aromatic N) is 1. The number of nitrogens with one attached hydrogen (secondary N) is 1. The van der Waals surface area contributed by atoms with Gasteiger partial charge in [-0.25, -0.2) is 0 Å². The van der Waals surface area contributed by atoms with E-state index in [2.05, 4.69) is 21.2 Å². The van der Waals surface area contributed by atoms with Crippen molar-refractivity contribution in [2.45, 2.75) is 51.0 Å². The Morgan fingerprint density at radius 1 is 0.958 bits per heavy atom. The number of benzene rings is 1. The van der Waals surface area contributed by atoms with Crippen molar-refractivity contribution in [3.63, 3.8) is 0 Å². The molecule has 1 aromatic rings. The Bertz CT molecular complexity index is 574. The van der Waals surface area contributed by atoms with Crippen molar-refractivity contribution < 1.29 is 9.59 Å². The molecule has 2 aliphatic rings. The Labute approximate surface area is 152 Å². The van der Waals surface area contributed by atoms with Gasteiger partial charge in [0.1, 0.15) is 0 Å². The highest BCUT2D eigenvalue weighted by Gasteiger charge is 2.29. The van der Waals surface area contributed by atoms with Crippen LogP contribution in [-0.2, 0) is 4.79 Å². The average molecular weight is 393 g/mol. The van der Waals surface area contributed by atoms with Crippen LogP contribution in [0.4, 0.5) is 0 Å². The fourth-order valence-electron chi connectivity index (χ4n) is 3.69. The molecule has 24 heavy (non-hydrogen) atoms. The van der Waals surface area contributed by atoms with Gasteiger partial charge in [-0.05, 0) is 49.9 Å². The SMILES string of the molecule is O=C(NC1CCCCC1)C1CCN(C(=O)c2ccc(Br)cc2)CC1. The van der Waals surface area contributed by atoms with Crippen LogP contribution in [0.3, 0.4) is 0 Å². The van der Waals surface area contributed by atoms with E-state index in [1.807, 2.05) is 29.2 Å². The summed E-state index contributed by atoms with van der Waals surface area (Å²) in [5.41, 5.74) is 0.711. The zero-order chi connectivity index (χ0) is 16.9. The summed E-state index contributed by atoms with van der Waals surface area (Å²) in [6.07, 6.45) is 7.51. The predicted octanol–water partition coefficient (Wildman–Crippen LogP) is 3.75. The normalized spacial score (nSPS) is 20.0. The molecule has 2 fully saturated rings. The molecule has 0 radical (unpaired) electrons. The van der Waals surface area contributed by atoms with Crippen LogP contribution >= 0.6 is 15.9 Å². The van der Waals surface area contributed by atoms with Crippen molar-refractivity contribution in [1.29, 1.82) is 0 Å². The fourth-order valence-corrected chi connectivity index (χ4v) is 3.95. The third kappa shape index (κ3) is 4.38.